The van der Waals surface area contributed by atoms with E-state index in [1.807, 2.05) is 13.2 Å². The molecule has 0 aliphatic rings. The summed E-state index contributed by atoms with van der Waals surface area (Å²) in [5.41, 5.74) is 7.52. The standard InChI is InChI=1S/C10H15N5S/c1-10(2,3)7-6(5-15(4)13-7)8-12-9(11)16-14-8/h5H,1-4H3,(H2,11,12,14). The zero-order valence-corrected chi connectivity index (χ0v) is 10.7. The molecule has 0 unspecified atom stereocenters. The van der Waals surface area contributed by atoms with Gasteiger partial charge in [0, 0.05) is 30.2 Å². The van der Waals surface area contributed by atoms with E-state index in [1.54, 1.807) is 4.68 Å². The second kappa shape index (κ2) is 3.55. The van der Waals surface area contributed by atoms with Crippen molar-refractivity contribution in [2.24, 2.45) is 7.05 Å². The van der Waals surface area contributed by atoms with E-state index in [2.05, 4.69) is 35.2 Å². The lowest BCUT2D eigenvalue weighted by Gasteiger charge is -2.16. The largest absolute Gasteiger partial charge is 0.374 e. The van der Waals surface area contributed by atoms with E-state index in [0.29, 0.717) is 11.0 Å². The van der Waals surface area contributed by atoms with Crippen LogP contribution in [-0.2, 0) is 12.5 Å². The molecule has 16 heavy (non-hydrogen) atoms. The third kappa shape index (κ3) is 1.92. The van der Waals surface area contributed by atoms with Gasteiger partial charge in [0.2, 0.25) is 0 Å². The molecule has 0 saturated carbocycles. The first-order valence-electron chi connectivity index (χ1n) is 5.01. The Kier molecular flexibility index (Phi) is 2.46. The summed E-state index contributed by atoms with van der Waals surface area (Å²) in [6, 6.07) is 0. The van der Waals surface area contributed by atoms with Crippen molar-refractivity contribution in [3.05, 3.63) is 11.9 Å². The van der Waals surface area contributed by atoms with Gasteiger partial charge in [-0.25, -0.2) is 0 Å². The molecule has 0 fully saturated rings. The Bertz CT molecular complexity index is 506. The molecule has 86 valence electrons. The van der Waals surface area contributed by atoms with Crippen molar-refractivity contribution in [3.63, 3.8) is 0 Å². The van der Waals surface area contributed by atoms with Gasteiger partial charge in [0.25, 0.3) is 0 Å². The minimum atomic E-state index is -0.0311. The minimum absolute atomic E-state index is 0.0311. The smallest absolute Gasteiger partial charge is 0.200 e. The van der Waals surface area contributed by atoms with Crippen LogP contribution >= 0.6 is 11.5 Å². The van der Waals surface area contributed by atoms with Gasteiger partial charge in [-0.05, 0) is 0 Å². The van der Waals surface area contributed by atoms with Crippen molar-refractivity contribution in [3.8, 4) is 11.4 Å². The first-order chi connectivity index (χ1) is 7.38. The molecule has 0 spiro atoms. The van der Waals surface area contributed by atoms with Crippen LogP contribution in [0.1, 0.15) is 26.5 Å². The van der Waals surface area contributed by atoms with Crippen LogP contribution < -0.4 is 5.73 Å². The van der Waals surface area contributed by atoms with Crippen LogP contribution in [0.25, 0.3) is 11.4 Å². The third-order valence-corrected chi connectivity index (χ3v) is 2.76. The normalized spacial score (nSPS) is 12.0. The SMILES string of the molecule is Cn1cc(-c2nsc(N)n2)c(C(C)(C)C)n1. The van der Waals surface area contributed by atoms with Crippen LogP contribution in [0.4, 0.5) is 5.13 Å². The van der Waals surface area contributed by atoms with Gasteiger partial charge >= 0.3 is 0 Å². The van der Waals surface area contributed by atoms with Crippen molar-refractivity contribution in [2.75, 3.05) is 5.73 Å². The van der Waals surface area contributed by atoms with Crippen molar-refractivity contribution in [1.29, 1.82) is 0 Å². The molecule has 0 aliphatic carbocycles. The molecule has 2 aromatic rings. The first kappa shape index (κ1) is 11.1. The molecule has 0 aromatic carbocycles. The first-order valence-corrected chi connectivity index (χ1v) is 5.79. The average Bonchev–Trinajstić information content (AvgIpc) is 2.70. The highest BCUT2D eigenvalue weighted by molar-refractivity contribution is 7.09. The Morgan fingerprint density at radius 1 is 1.38 bits per heavy atom. The Hall–Kier alpha value is -1.43. The van der Waals surface area contributed by atoms with Gasteiger partial charge in [-0.1, -0.05) is 20.8 Å². The van der Waals surface area contributed by atoms with E-state index in [0.717, 1.165) is 11.3 Å². The lowest BCUT2D eigenvalue weighted by Crippen LogP contribution is -2.14. The molecular formula is C10H15N5S. The molecule has 0 aliphatic heterocycles. The summed E-state index contributed by atoms with van der Waals surface area (Å²) in [6.45, 7) is 6.36. The molecule has 2 N–H and O–H groups in total. The molecule has 0 saturated heterocycles. The van der Waals surface area contributed by atoms with Gasteiger partial charge in [-0.2, -0.15) is 14.5 Å². The van der Waals surface area contributed by atoms with Crippen LogP contribution in [0.2, 0.25) is 0 Å². The molecule has 0 radical (unpaired) electrons. The maximum atomic E-state index is 5.60. The number of nitrogens with two attached hydrogens (primary N) is 1. The summed E-state index contributed by atoms with van der Waals surface area (Å²) >= 11 is 1.21. The van der Waals surface area contributed by atoms with Gasteiger partial charge in [-0.3, -0.25) is 4.68 Å². The van der Waals surface area contributed by atoms with Gasteiger partial charge in [0.15, 0.2) is 11.0 Å². The second-order valence-corrected chi connectivity index (χ2v) is 5.55. The quantitative estimate of drug-likeness (QED) is 0.821. The number of hydrogen-bond donors (Lipinski definition) is 1. The van der Waals surface area contributed by atoms with Crippen molar-refractivity contribution in [2.45, 2.75) is 26.2 Å². The molecule has 6 heteroatoms. The van der Waals surface area contributed by atoms with Crippen LogP contribution in [0.15, 0.2) is 6.20 Å². The highest BCUT2D eigenvalue weighted by Crippen LogP contribution is 2.30. The molecule has 0 bridgehead atoms. The predicted octanol–water partition coefficient (Wildman–Crippen LogP) is 1.82. The highest BCUT2D eigenvalue weighted by Gasteiger charge is 2.24. The average molecular weight is 237 g/mol. The van der Waals surface area contributed by atoms with Crippen molar-refractivity contribution in [1.82, 2.24) is 19.1 Å². The minimum Gasteiger partial charge on any atom is -0.374 e. The summed E-state index contributed by atoms with van der Waals surface area (Å²) in [5.74, 6) is 0.667. The molecular weight excluding hydrogens is 222 g/mol. The van der Waals surface area contributed by atoms with Crippen molar-refractivity contribution < 1.29 is 0 Å². The molecule has 2 rings (SSSR count). The number of anilines is 1. The number of hydrogen-bond acceptors (Lipinski definition) is 5. The van der Waals surface area contributed by atoms with Crippen LogP contribution in [0.3, 0.4) is 0 Å². The van der Waals surface area contributed by atoms with E-state index >= 15 is 0 Å². The maximum Gasteiger partial charge on any atom is 0.200 e. The summed E-state index contributed by atoms with van der Waals surface area (Å²) in [4.78, 5) is 4.20. The number of aromatic nitrogens is 4. The summed E-state index contributed by atoms with van der Waals surface area (Å²) in [7, 11) is 1.90. The van der Waals surface area contributed by atoms with Gasteiger partial charge in [-0.15, -0.1) is 0 Å². The van der Waals surface area contributed by atoms with Gasteiger partial charge < -0.3 is 5.73 Å². The molecule has 5 nitrogen and oxygen atoms in total. The summed E-state index contributed by atoms with van der Waals surface area (Å²) < 4.78 is 6.01. The van der Waals surface area contributed by atoms with Crippen LogP contribution in [-0.4, -0.2) is 19.1 Å². The zero-order chi connectivity index (χ0) is 11.9. The molecule has 2 heterocycles. The molecule has 2 aromatic heterocycles. The Morgan fingerprint density at radius 2 is 2.06 bits per heavy atom. The fourth-order valence-corrected chi connectivity index (χ4v) is 2.00. The fourth-order valence-electron chi connectivity index (χ4n) is 1.55. The monoisotopic (exact) mass is 237 g/mol. The third-order valence-electron chi connectivity index (χ3n) is 2.22. The van der Waals surface area contributed by atoms with Gasteiger partial charge in [0.05, 0.1) is 11.3 Å². The predicted molar refractivity (Wildman–Crippen MR) is 65.2 cm³/mol. The maximum absolute atomic E-state index is 5.60. The van der Waals surface area contributed by atoms with E-state index in [-0.39, 0.29) is 5.41 Å². The number of nitrogen functional groups attached to an aromatic ring is 1. The Labute approximate surface area is 98.5 Å². The summed E-state index contributed by atoms with van der Waals surface area (Å²) in [6.07, 6.45) is 1.93. The number of nitrogens with zero attached hydrogens (tertiary/aromatic N) is 4. The fraction of sp³-hybridized carbons (Fsp3) is 0.500. The van der Waals surface area contributed by atoms with Crippen LogP contribution in [0.5, 0.6) is 0 Å². The Balaban J connectivity index is 2.57. The van der Waals surface area contributed by atoms with E-state index < -0.39 is 0 Å². The molecule has 0 atom stereocenters. The van der Waals surface area contributed by atoms with E-state index in [9.17, 15) is 0 Å². The topological polar surface area (TPSA) is 69.6 Å². The lowest BCUT2D eigenvalue weighted by molar-refractivity contribution is 0.554. The van der Waals surface area contributed by atoms with Crippen molar-refractivity contribution >= 4 is 16.7 Å². The molecule has 0 amide bonds. The Morgan fingerprint density at radius 3 is 2.56 bits per heavy atom. The highest BCUT2D eigenvalue weighted by atomic mass is 32.1. The van der Waals surface area contributed by atoms with Crippen LogP contribution in [0, 0.1) is 0 Å². The van der Waals surface area contributed by atoms with E-state index in [4.69, 9.17) is 5.73 Å². The zero-order valence-electron chi connectivity index (χ0n) is 9.85. The van der Waals surface area contributed by atoms with E-state index in [1.165, 1.54) is 11.5 Å². The number of rotatable bonds is 1. The second-order valence-electron chi connectivity index (χ2n) is 4.77. The van der Waals surface area contributed by atoms with Gasteiger partial charge in [0.1, 0.15) is 0 Å². The summed E-state index contributed by atoms with van der Waals surface area (Å²) in [5, 5.41) is 4.95. The lowest BCUT2D eigenvalue weighted by atomic mass is 9.89. The number of aryl methyl sites for hydroxylation is 1.